The lowest BCUT2D eigenvalue weighted by Gasteiger charge is -2.08. The van der Waals surface area contributed by atoms with Crippen molar-refractivity contribution in [3.63, 3.8) is 0 Å². The van der Waals surface area contributed by atoms with E-state index in [0.717, 1.165) is 10.2 Å². The standard InChI is InChI=1S/C17H12BrN3O2/c18-12-1-5-14(6-2-12)23-15-7-3-13(4-8-15)21-17(22)16-11-19-9-10-20-16/h1-11H,(H,21,22). The van der Waals surface area contributed by atoms with E-state index in [1.165, 1.54) is 18.6 Å². The second-order valence-corrected chi connectivity index (χ2v) is 5.54. The zero-order chi connectivity index (χ0) is 16.1. The van der Waals surface area contributed by atoms with E-state index in [2.05, 4.69) is 31.2 Å². The molecule has 3 rings (SSSR count). The van der Waals surface area contributed by atoms with E-state index in [9.17, 15) is 4.79 Å². The van der Waals surface area contributed by atoms with Crippen molar-refractivity contribution in [1.29, 1.82) is 0 Å². The second-order valence-electron chi connectivity index (χ2n) is 4.63. The highest BCUT2D eigenvalue weighted by Gasteiger charge is 2.07. The number of carbonyl (C=O) groups is 1. The number of carbonyl (C=O) groups excluding carboxylic acids is 1. The van der Waals surface area contributed by atoms with Crippen molar-refractivity contribution in [3.8, 4) is 11.5 Å². The van der Waals surface area contributed by atoms with E-state index in [0.29, 0.717) is 11.4 Å². The fourth-order valence-corrected chi connectivity index (χ4v) is 2.12. The molecular formula is C17H12BrN3O2. The first-order chi connectivity index (χ1) is 11.2. The van der Waals surface area contributed by atoms with Gasteiger partial charge in [-0.3, -0.25) is 9.78 Å². The number of amides is 1. The normalized spacial score (nSPS) is 10.1. The molecule has 1 heterocycles. The van der Waals surface area contributed by atoms with Crippen LogP contribution in [0, 0.1) is 0 Å². The van der Waals surface area contributed by atoms with E-state index in [4.69, 9.17) is 4.74 Å². The Morgan fingerprint density at radius 1 is 0.957 bits per heavy atom. The summed E-state index contributed by atoms with van der Waals surface area (Å²) < 4.78 is 6.71. The van der Waals surface area contributed by atoms with E-state index < -0.39 is 0 Å². The fraction of sp³-hybridized carbons (Fsp3) is 0. The average Bonchev–Trinajstić information content (AvgIpc) is 2.59. The summed E-state index contributed by atoms with van der Waals surface area (Å²) in [6.07, 6.45) is 4.41. The SMILES string of the molecule is O=C(Nc1ccc(Oc2ccc(Br)cc2)cc1)c1cnccn1. The van der Waals surface area contributed by atoms with Crippen LogP contribution in [0.25, 0.3) is 0 Å². The summed E-state index contributed by atoms with van der Waals surface area (Å²) in [5.41, 5.74) is 0.923. The summed E-state index contributed by atoms with van der Waals surface area (Å²) in [6, 6.07) is 14.7. The molecule has 0 aliphatic carbocycles. The van der Waals surface area contributed by atoms with Crippen LogP contribution in [0.15, 0.2) is 71.6 Å². The van der Waals surface area contributed by atoms with Gasteiger partial charge in [0.25, 0.3) is 5.91 Å². The zero-order valence-corrected chi connectivity index (χ0v) is 13.5. The number of anilines is 1. The van der Waals surface area contributed by atoms with Gasteiger partial charge < -0.3 is 10.1 Å². The molecule has 0 aliphatic heterocycles. The first-order valence-electron chi connectivity index (χ1n) is 6.81. The van der Waals surface area contributed by atoms with Gasteiger partial charge in [-0.2, -0.15) is 0 Å². The number of halogens is 1. The molecule has 0 saturated heterocycles. The summed E-state index contributed by atoms with van der Waals surface area (Å²) in [6.45, 7) is 0. The molecule has 1 amide bonds. The lowest BCUT2D eigenvalue weighted by molar-refractivity contribution is 0.102. The summed E-state index contributed by atoms with van der Waals surface area (Å²) in [5.74, 6) is 1.12. The van der Waals surface area contributed by atoms with Gasteiger partial charge in [-0.25, -0.2) is 4.98 Å². The monoisotopic (exact) mass is 369 g/mol. The number of aromatic nitrogens is 2. The van der Waals surface area contributed by atoms with Crippen LogP contribution >= 0.6 is 15.9 Å². The number of ether oxygens (including phenoxy) is 1. The van der Waals surface area contributed by atoms with Gasteiger partial charge in [0.15, 0.2) is 0 Å². The molecule has 0 unspecified atom stereocenters. The van der Waals surface area contributed by atoms with E-state index in [1.807, 2.05) is 24.3 Å². The smallest absolute Gasteiger partial charge is 0.275 e. The number of hydrogen-bond donors (Lipinski definition) is 1. The lowest BCUT2D eigenvalue weighted by atomic mass is 10.3. The van der Waals surface area contributed by atoms with Gasteiger partial charge in [-0.05, 0) is 48.5 Å². The van der Waals surface area contributed by atoms with Gasteiger partial charge in [0.1, 0.15) is 17.2 Å². The minimum absolute atomic E-state index is 0.266. The third-order valence-corrected chi connectivity index (χ3v) is 3.49. The average molecular weight is 370 g/mol. The molecular weight excluding hydrogens is 358 g/mol. The highest BCUT2D eigenvalue weighted by molar-refractivity contribution is 9.10. The number of hydrogen-bond acceptors (Lipinski definition) is 4. The predicted octanol–water partition coefficient (Wildman–Crippen LogP) is 4.28. The highest BCUT2D eigenvalue weighted by Crippen LogP contribution is 2.24. The largest absolute Gasteiger partial charge is 0.457 e. The second kappa shape index (κ2) is 7.02. The van der Waals surface area contributed by atoms with Crippen molar-refractivity contribution in [2.75, 3.05) is 5.32 Å². The van der Waals surface area contributed by atoms with Crippen LogP contribution in [0.1, 0.15) is 10.5 Å². The molecule has 23 heavy (non-hydrogen) atoms. The molecule has 0 bridgehead atoms. The molecule has 0 fully saturated rings. The van der Waals surface area contributed by atoms with Crippen LogP contribution in [0.2, 0.25) is 0 Å². The lowest BCUT2D eigenvalue weighted by Crippen LogP contribution is -2.13. The Hall–Kier alpha value is -2.73. The topological polar surface area (TPSA) is 64.1 Å². The molecule has 0 aliphatic rings. The third-order valence-electron chi connectivity index (χ3n) is 2.96. The fourth-order valence-electron chi connectivity index (χ4n) is 1.86. The van der Waals surface area contributed by atoms with Gasteiger partial charge in [-0.15, -0.1) is 0 Å². The first-order valence-corrected chi connectivity index (χ1v) is 7.61. The Labute approximate surface area is 141 Å². The molecule has 6 heteroatoms. The van der Waals surface area contributed by atoms with Gasteiger partial charge in [0.2, 0.25) is 0 Å². The number of nitrogens with one attached hydrogen (secondary N) is 1. The Bertz CT molecular complexity index is 790. The number of nitrogens with zero attached hydrogens (tertiary/aromatic N) is 2. The third kappa shape index (κ3) is 4.14. The predicted molar refractivity (Wildman–Crippen MR) is 90.6 cm³/mol. The van der Waals surface area contributed by atoms with Crippen LogP contribution in [0.5, 0.6) is 11.5 Å². The maximum atomic E-state index is 12.0. The summed E-state index contributed by atoms with van der Waals surface area (Å²) in [7, 11) is 0. The van der Waals surface area contributed by atoms with Crippen LogP contribution in [0.4, 0.5) is 5.69 Å². The van der Waals surface area contributed by atoms with Gasteiger partial charge in [0, 0.05) is 22.6 Å². The quantitative estimate of drug-likeness (QED) is 0.745. The van der Waals surface area contributed by atoms with Crippen molar-refractivity contribution in [2.45, 2.75) is 0 Å². The molecule has 5 nitrogen and oxygen atoms in total. The van der Waals surface area contributed by atoms with Crippen molar-refractivity contribution in [2.24, 2.45) is 0 Å². The van der Waals surface area contributed by atoms with Crippen LogP contribution < -0.4 is 10.1 Å². The van der Waals surface area contributed by atoms with Gasteiger partial charge in [0.05, 0.1) is 6.20 Å². The van der Waals surface area contributed by atoms with Crippen LogP contribution in [-0.4, -0.2) is 15.9 Å². The van der Waals surface area contributed by atoms with E-state index in [-0.39, 0.29) is 11.6 Å². The Morgan fingerprint density at radius 3 is 2.22 bits per heavy atom. The minimum atomic E-state index is -0.306. The number of rotatable bonds is 4. The highest BCUT2D eigenvalue weighted by atomic mass is 79.9. The minimum Gasteiger partial charge on any atom is -0.457 e. The molecule has 0 atom stereocenters. The molecule has 2 aromatic carbocycles. The van der Waals surface area contributed by atoms with Gasteiger partial charge in [-0.1, -0.05) is 15.9 Å². The van der Waals surface area contributed by atoms with E-state index >= 15 is 0 Å². The maximum absolute atomic E-state index is 12.0. The Kier molecular flexibility index (Phi) is 4.63. The Morgan fingerprint density at radius 2 is 1.61 bits per heavy atom. The molecule has 0 saturated carbocycles. The summed E-state index contributed by atoms with van der Waals surface area (Å²) >= 11 is 3.38. The van der Waals surface area contributed by atoms with Crippen LogP contribution in [0.3, 0.4) is 0 Å². The van der Waals surface area contributed by atoms with Crippen LogP contribution in [-0.2, 0) is 0 Å². The molecule has 0 spiro atoms. The molecule has 3 aromatic rings. The maximum Gasteiger partial charge on any atom is 0.275 e. The molecule has 1 N–H and O–H groups in total. The summed E-state index contributed by atoms with van der Waals surface area (Å²) in [4.78, 5) is 19.8. The van der Waals surface area contributed by atoms with Crippen molar-refractivity contribution < 1.29 is 9.53 Å². The molecule has 0 radical (unpaired) electrons. The summed E-state index contributed by atoms with van der Waals surface area (Å²) in [5, 5.41) is 2.75. The van der Waals surface area contributed by atoms with Gasteiger partial charge >= 0.3 is 0 Å². The molecule has 114 valence electrons. The van der Waals surface area contributed by atoms with Crippen molar-refractivity contribution >= 4 is 27.5 Å². The zero-order valence-electron chi connectivity index (χ0n) is 11.9. The molecule has 1 aromatic heterocycles. The van der Waals surface area contributed by atoms with E-state index in [1.54, 1.807) is 24.3 Å². The number of benzene rings is 2. The first kappa shape index (κ1) is 15.2. The van der Waals surface area contributed by atoms with Crippen molar-refractivity contribution in [1.82, 2.24) is 9.97 Å². The Balaban J connectivity index is 1.65. The van der Waals surface area contributed by atoms with Crippen molar-refractivity contribution in [3.05, 3.63) is 77.3 Å².